The lowest BCUT2D eigenvalue weighted by Crippen LogP contribution is -2.52. The number of hydrogen-bond donors (Lipinski definition) is 2. The number of hydrogen-bond acceptors (Lipinski definition) is 4. The zero-order chi connectivity index (χ0) is 18.8. The van der Waals surface area contributed by atoms with E-state index in [1.807, 2.05) is 26.0 Å². The molecular formula is C19H31N5O2. The normalized spacial score (nSPS) is 15.0. The maximum absolute atomic E-state index is 11.8. The quantitative estimate of drug-likeness (QED) is 0.566. The van der Waals surface area contributed by atoms with Crippen molar-refractivity contribution < 1.29 is 9.53 Å². The number of rotatable bonds is 7. The molecular weight excluding hydrogens is 330 g/mol. The summed E-state index contributed by atoms with van der Waals surface area (Å²) in [6.45, 7) is 9.25. The van der Waals surface area contributed by atoms with Gasteiger partial charge in [-0.1, -0.05) is 13.0 Å². The van der Waals surface area contributed by atoms with Gasteiger partial charge in [-0.25, -0.2) is 4.99 Å². The van der Waals surface area contributed by atoms with Gasteiger partial charge in [0.2, 0.25) is 5.91 Å². The van der Waals surface area contributed by atoms with Gasteiger partial charge in [-0.15, -0.1) is 0 Å². The zero-order valence-electron chi connectivity index (χ0n) is 16.1. The largest absolute Gasteiger partial charge is 0.497 e. The minimum absolute atomic E-state index is 0.0303. The van der Waals surface area contributed by atoms with E-state index in [2.05, 4.69) is 37.6 Å². The predicted octanol–water partition coefficient (Wildman–Crippen LogP) is 1.31. The standard InChI is InChI=1S/C19H31N5O2/c1-4-9-21-18(25)15-22-19(20-5-2)24-12-10-23(11-13-24)16-7-6-8-17(14-16)26-3/h6-8,14H,4-5,9-13,15H2,1-3H3,(H,20,22)(H,21,25). The summed E-state index contributed by atoms with van der Waals surface area (Å²) in [6.07, 6.45) is 0.932. The number of amides is 1. The summed E-state index contributed by atoms with van der Waals surface area (Å²) in [4.78, 5) is 20.9. The van der Waals surface area contributed by atoms with Crippen LogP contribution in [0.15, 0.2) is 29.3 Å². The van der Waals surface area contributed by atoms with E-state index in [-0.39, 0.29) is 12.5 Å². The van der Waals surface area contributed by atoms with E-state index in [1.165, 1.54) is 5.69 Å². The third-order valence-corrected chi connectivity index (χ3v) is 4.28. The Morgan fingerprint density at radius 3 is 2.62 bits per heavy atom. The van der Waals surface area contributed by atoms with Gasteiger partial charge in [0, 0.05) is 51.0 Å². The number of aliphatic imine (C=N–C) groups is 1. The molecule has 0 radical (unpaired) electrons. The summed E-state index contributed by atoms with van der Waals surface area (Å²) in [6, 6.07) is 8.14. The highest BCUT2D eigenvalue weighted by Gasteiger charge is 2.20. The molecule has 1 aliphatic rings. The number of carbonyl (C=O) groups excluding carboxylic acids is 1. The Hall–Kier alpha value is -2.44. The highest BCUT2D eigenvalue weighted by atomic mass is 16.5. The van der Waals surface area contributed by atoms with Crippen LogP contribution in [0.3, 0.4) is 0 Å². The molecule has 1 aromatic rings. The molecule has 26 heavy (non-hydrogen) atoms. The van der Waals surface area contributed by atoms with E-state index in [9.17, 15) is 4.79 Å². The second-order valence-corrected chi connectivity index (χ2v) is 6.20. The van der Waals surface area contributed by atoms with Crippen LogP contribution in [0.1, 0.15) is 20.3 Å². The van der Waals surface area contributed by atoms with Crippen LogP contribution in [0, 0.1) is 0 Å². The number of anilines is 1. The second kappa shape index (κ2) is 10.5. The molecule has 2 rings (SSSR count). The Morgan fingerprint density at radius 1 is 1.19 bits per heavy atom. The highest BCUT2D eigenvalue weighted by Crippen LogP contribution is 2.22. The van der Waals surface area contributed by atoms with Crippen LogP contribution in [0.5, 0.6) is 5.75 Å². The average molecular weight is 361 g/mol. The minimum atomic E-state index is -0.0303. The van der Waals surface area contributed by atoms with Gasteiger partial charge < -0.3 is 25.2 Å². The van der Waals surface area contributed by atoms with Crippen LogP contribution in [0.2, 0.25) is 0 Å². The molecule has 1 amide bonds. The van der Waals surface area contributed by atoms with Crippen LogP contribution in [-0.4, -0.2) is 69.7 Å². The fraction of sp³-hybridized carbons (Fsp3) is 0.579. The minimum Gasteiger partial charge on any atom is -0.497 e. The van der Waals surface area contributed by atoms with E-state index in [0.717, 1.165) is 50.9 Å². The van der Waals surface area contributed by atoms with Crippen molar-refractivity contribution in [3.63, 3.8) is 0 Å². The topological polar surface area (TPSA) is 69.2 Å². The van der Waals surface area contributed by atoms with E-state index in [4.69, 9.17) is 4.74 Å². The molecule has 1 heterocycles. The molecule has 0 saturated carbocycles. The summed E-state index contributed by atoms with van der Waals surface area (Å²) in [7, 11) is 1.69. The molecule has 0 spiro atoms. The van der Waals surface area contributed by atoms with Crippen molar-refractivity contribution in [1.29, 1.82) is 0 Å². The molecule has 144 valence electrons. The summed E-state index contributed by atoms with van der Waals surface area (Å²) in [5.74, 6) is 1.65. The third-order valence-electron chi connectivity index (χ3n) is 4.28. The fourth-order valence-electron chi connectivity index (χ4n) is 2.88. The number of carbonyl (C=O) groups is 1. The Kier molecular flexibility index (Phi) is 8.05. The zero-order valence-corrected chi connectivity index (χ0v) is 16.1. The number of methoxy groups -OCH3 is 1. The molecule has 0 bridgehead atoms. The molecule has 1 fully saturated rings. The van der Waals surface area contributed by atoms with Gasteiger partial charge in [0.1, 0.15) is 12.3 Å². The van der Waals surface area contributed by atoms with Crippen molar-refractivity contribution in [3.8, 4) is 5.75 Å². The van der Waals surface area contributed by atoms with E-state index >= 15 is 0 Å². The molecule has 1 aromatic carbocycles. The van der Waals surface area contributed by atoms with Crippen molar-refractivity contribution in [2.24, 2.45) is 4.99 Å². The lowest BCUT2D eigenvalue weighted by molar-refractivity contribution is -0.119. The number of benzene rings is 1. The van der Waals surface area contributed by atoms with Crippen molar-refractivity contribution in [3.05, 3.63) is 24.3 Å². The molecule has 7 heteroatoms. The van der Waals surface area contributed by atoms with Crippen LogP contribution in [0.4, 0.5) is 5.69 Å². The summed E-state index contributed by atoms with van der Waals surface area (Å²) in [5.41, 5.74) is 1.17. The van der Waals surface area contributed by atoms with E-state index in [1.54, 1.807) is 7.11 Å². The van der Waals surface area contributed by atoms with Gasteiger partial charge in [-0.2, -0.15) is 0 Å². The number of nitrogens with one attached hydrogen (secondary N) is 2. The summed E-state index contributed by atoms with van der Waals surface area (Å²) < 4.78 is 5.32. The first-order valence-corrected chi connectivity index (χ1v) is 9.36. The van der Waals surface area contributed by atoms with Crippen LogP contribution in [-0.2, 0) is 4.79 Å². The van der Waals surface area contributed by atoms with Crippen molar-refractivity contribution in [2.75, 3.05) is 57.8 Å². The predicted molar refractivity (Wildman–Crippen MR) is 106 cm³/mol. The van der Waals surface area contributed by atoms with Crippen LogP contribution in [0.25, 0.3) is 0 Å². The van der Waals surface area contributed by atoms with E-state index < -0.39 is 0 Å². The van der Waals surface area contributed by atoms with Gasteiger partial charge in [0.05, 0.1) is 7.11 Å². The van der Waals surface area contributed by atoms with Crippen molar-refractivity contribution in [1.82, 2.24) is 15.5 Å². The average Bonchev–Trinajstić information content (AvgIpc) is 2.69. The first kappa shape index (κ1) is 19.9. The van der Waals surface area contributed by atoms with Gasteiger partial charge in [-0.05, 0) is 25.5 Å². The molecule has 0 aromatic heterocycles. The molecule has 0 atom stereocenters. The number of nitrogens with zero attached hydrogens (tertiary/aromatic N) is 3. The maximum atomic E-state index is 11.8. The first-order chi connectivity index (χ1) is 12.7. The molecule has 7 nitrogen and oxygen atoms in total. The van der Waals surface area contributed by atoms with Gasteiger partial charge in [-0.3, -0.25) is 4.79 Å². The maximum Gasteiger partial charge on any atom is 0.241 e. The Morgan fingerprint density at radius 2 is 1.96 bits per heavy atom. The molecule has 1 saturated heterocycles. The van der Waals surface area contributed by atoms with Gasteiger partial charge in [0.15, 0.2) is 5.96 Å². The van der Waals surface area contributed by atoms with Crippen LogP contribution < -0.4 is 20.3 Å². The van der Waals surface area contributed by atoms with Gasteiger partial charge in [0.25, 0.3) is 0 Å². The molecule has 1 aliphatic heterocycles. The van der Waals surface area contributed by atoms with Gasteiger partial charge >= 0.3 is 0 Å². The summed E-state index contributed by atoms with van der Waals surface area (Å²) in [5, 5.41) is 6.15. The number of ether oxygens (including phenoxy) is 1. The molecule has 0 aliphatic carbocycles. The lowest BCUT2D eigenvalue weighted by atomic mass is 10.2. The van der Waals surface area contributed by atoms with Crippen molar-refractivity contribution >= 4 is 17.6 Å². The SMILES string of the molecule is CCCNC(=O)CN=C(NCC)N1CCN(c2cccc(OC)c2)CC1. The second-order valence-electron chi connectivity index (χ2n) is 6.20. The van der Waals surface area contributed by atoms with Crippen LogP contribution >= 0.6 is 0 Å². The number of guanidine groups is 1. The third kappa shape index (κ3) is 5.82. The first-order valence-electron chi connectivity index (χ1n) is 9.36. The molecule has 2 N–H and O–H groups in total. The Bertz CT molecular complexity index is 597. The fourth-order valence-corrected chi connectivity index (χ4v) is 2.88. The smallest absolute Gasteiger partial charge is 0.241 e. The number of piperazine rings is 1. The monoisotopic (exact) mass is 361 g/mol. The summed E-state index contributed by atoms with van der Waals surface area (Å²) >= 11 is 0. The highest BCUT2D eigenvalue weighted by molar-refractivity contribution is 5.85. The Balaban J connectivity index is 1.93. The van der Waals surface area contributed by atoms with Crippen molar-refractivity contribution in [2.45, 2.75) is 20.3 Å². The Labute approximate surface area is 156 Å². The van der Waals surface area contributed by atoms with E-state index in [0.29, 0.717) is 6.54 Å². The lowest BCUT2D eigenvalue weighted by Gasteiger charge is -2.37. The molecule has 0 unspecified atom stereocenters.